The third kappa shape index (κ3) is 2.66. The molecule has 2 aromatic carbocycles. The quantitative estimate of drug-likeness (QED) is 0.618. The highest BCUT2D eigenvalue weighted by Crippen LogP contribution is 2.36. The molecule has 0 saturated heterocycles. The van der Waals surface area contributed by atoms with Crippen molar-refractivity contribution in [2.45, 2.75) is 13.3 Å². The van der Waals surface area contributed by atoms with Crippen LogP contribution in [0.2, 0.25) is 0 Å². The highest BCUT2D eigenvalue weighted by atomic mass is 127. The van der Waals surface area contributed by atoms with Gasteiger partial charge in [0.15, 0.2) is 0 Å². The normalized spacial score (nSPS) is 12.8. The molecule has 0 atom stereocenters. The summed E-state index contributed by atoms with van der Waals surface area (Å²) in [7, 11) is 0. The van der Waals surface area contributed by atoms with Crippen LogP contribution < -0.4 is 10.1 Å². The van der Waals surface area contributed by atoms with Crippen molar-refractivity contribution in [2.75, 3.05) is 18.5 Å². The Hall–Kier alpha value is -2.02. The van der Waals surface area contributed by atoms with E-state index in [1.165, 1.54) is 9.13 Å². The van der Waals surface area contributed by atoms with Crippen molar-refractivity contribution in [3.05, 3.63) is 57.7 Å². The van der Waals surface area contributed by atoms with Crippen LogP contribution in [-0.2, 0) is 6.42 Å². The molecule has 3 aromatic rings. The molecule has 0 aliphatic carbocycles. The number of hydrogen-bond donors (Lipinski definition) is 1. The molecular formula is C19H18IN3O. The number of fused-ring (bicyclic) bond motifs is 1. The Labute approximate surface area is 155 Å². The van der Waals surface area contributed by atoms with Gasteiger partial charge in [0.25, 0.3) is 0 Å². The van der Waals surface area contributed by atoms with Crippen LogP contribution in [0.25, 0.3) is 16.9 Å². The summed E-state index contributed by atoms with van der Waals surface area (Å²) in [6, 6.07) is 16.6. The molecule has 2 heterocycles. The maximum absolute atomic E-state index is 5.79. The minimum absolute atomic E-state index is 0.637. The second-order valence-electron chi connectivity index (χ2n) is 5.67. The fraction of sp³-hybridized carbons (Fsp3) is 0.211. The molecule has 1 aromatic heterocycles. The molecule has 0 saturated carbocycles. The Balaban J connectivity index is 1.87. The van der Waals surface area contributed by atoms with Gasteiger partial charge in [-0.15, -0.1) is 0 Å². The number of para-hydroxylation sites is 2. The molecule has 0 spiro atoms. The first-order valence-corrected chi connectivity index (χ1v) is 9.19. The fourth-order valence-electron chi connectivity index (χ4n) is 3.10. The number of hydrogen-bond acceptors (Lipinski definition) is 3. The number of benzene rings is 2. The molecule has 0 fully saturated rings. The van der Waals surface area contributed by atoms with E-state index in [0.717, 1.165) is 41.5 Å². The Bertz CT molecular complexity index is 871. The van der Waals surface area contributed by atoms with E-state index in [1.54, 1.807) is 0 Å². The van der Waals surface area contributed by atoms with Gasteiger partial charge in [-0.1, -0.05) is 24.3 Å². The lowest BCUT2D eigenvalue weighted by Gasteiger charge is -2.12. The van der Waals surface area contributed by atoms with Crippen LogP contribution in [0, 0.1) is 3.57 Å². The Morgan fingerprint density at radius 1 is 1.17 bits per heavy atom. The van der Waals surface area contributed by atoms with Gasteiger partial charge in [-0.25, -0.2) is 4.68 Å². The highest BCUT2D eigenvalue weighted by molar-refractivity contribution is 14.1. The number of ether oxygens (including phenoxy) is 1. The standard InChI is InChI=1S/C19H18IN3O/c1-2-24-17-6-4-3-5-16(17)23-19-15(11-12-21-19)18(22-23)13-7-9-14(20)10-8-13/h3-10,21H,2,11-12H2,1H3. The first-order valence-electron chi connectivity index (χ1n) is 8.12. The highest BCUT2D eigenvalue weighted by Gasteiger charge is 2.25. The molecule has 0 bridgehead atoms. The van der Waals surface area contributed by atoms with Crippen molar-refractivity contribution < 1.29 is 4.74 Å². The van der Waals surface area contributed by atoms with Crippen molar-refractivity contribution in [3.63, 3.8) is 0 Å². The average Bonchev–Trinajstić information content (AvgIpc) is 3.19. The third-order valence-electron chi connectivity index (χ3n) is 4.16. The molecule has 24 heavy (non-hydrogen) atoms. The summed E-state index contributed by atoms with van der Waals surface area (Å²) in [4.78, 5) is 0. The summed E-state index contributed by atoms with van der Waals surface area (Å²) in [5, 5.41) is 8.40. The van der Waals surface area contributed by atoms with E-state index in [4.69, 9.17) is 9.84 Å². The van der Waals surface area contributed by atoms with E-state index in [-0.39, 0.29) is 0 Å². The molecule has 4 rings (SSSR count). The maximum Gasteiger partial charge on any atom is 0.145 e. The first kappa shape index (κ1) is 15.5. The van der Waals surface area contributed by atoms with Gasteiger partial charge in [-0.3, -0.25) is 0 Å². The molecule has 1 N–H and O–H groups in total. The summed E-state index contributed by atoms with van der Waals surface area (Å²) in [5.74, 6) is 1.93. The van der Waals surface area contributed by atoms with Gasteiger partial charge in [0.05, 0.1) is 12.3 Å². The van der Waals surface area contributed by atoms with Crippen molar-refractivity contribution in [1.82, 2.24) is 9.78 Å². The lowest BCUT2D eigenvalue weighted by Crippen LogP contribution is -2.06. The monoisotopic (exact) mass is 431 g/mol. The summed E-state index contributed by atoms with van der Waals surface area (Å²) in [5.41, 5.74) is 4.46. The first-order chi connectivity index (χ1) is 11.8. The van der Waals surface area contributed by atoms with Crippen molar-refractivity contribution in [2.24, 2.45) is 0 Å². The smallest absolute Gasteiger partial charge is 0.145 e. The summed E-state index contributed by atoms with van der Waals surface area (Å²) >= 11 is 2.33. The lowest BCUT2D eigenvalue weighted by atomic mass is 10.1. The summed E-state index contributed by atoms with van der Waals surface area (Å²) < 4.78 is 9.01. The molecule has 1 aliphatic heterocycles. The van der Waals surface area contributed by atoms with Crippen LogP contribution in [0.4, 0.5) is 5.82 Å². The lowest BCUT2D eigenvalue weighted by molar-refractivity contribution is 0.338. The Morgan fingerprint density at radius 2 is 1.96 bits per heavy atom. The Morgan fingerprint density at radius 3 is 2.75 bits per heavy atom. The molecule has 0 unspecified atom stereocenters. The SMILES string of the molecule is CCOc1ccccc1-n1nc(-c2ccc(I)cc2)c2c1NCC2. The van der Waals surface area contributed by atoms with E-state index in [0.29, 0.717) is 6.61 Å². The van der Waals surface area contributed by atoms with E-state index in [9.17, 15) is 0 Å². The zero-order valence-electron chi connectivity index (χ0n) is 13.4. The minimum Gasteiger partial charge on any atom is -0.492 e. The summed E-state index contributed by atoms with van der Waals surface area (Å²) in [6.07, 6.45) is 0.994. The molecule has 5 heteroatoms. The van der Waals surface area contributed by atoms with E-state index in [1.807, 2.05) is 29.8 Å². The van der Waals surface area contributed by atoms with Crippen LogP contribution >= 0.6 is 22.6 Å². The van der Waals surface area contributed by atoms with Crippen molar-refractivity contribution >= 4 is 28.4 Å². The van der Waals surface area contributed by atoms with Crippen molar-refractivity contribution in [3.8, 4) is 22.7 Å². The molecule has 122 valence electrons. The predicted octanol–water partition coefficient (Wildman–Crippen LogP) is 4.51. The van der Waals surface area contributed by atoms with Crippen LogP contribution in [0.15, 0.2) is 48.5 Å². The average molecular weight is 431 g/mol. The third-order valence-corrected chi connectivity index (χ3v) is 4.88. The minimum atomic E-state index is 0.637. The largest absolute Gasteiger partial charge is 0.492 e. The molecular weight excluding hydrogens is 413 g/mol. The molecule has 4 nitrogen and oxygen atoms in total. The second kappa shape index (κ2) is 6.47. The van der Waals surface area contributed by atoms with Gasteiger partial charge in [0, 0.05) is 21.2 Å². The molecule has 0 radical (unpaired) electrons. The van der Waals surface area contributed by atoms with E-state index >= 15 is 0 Å². The van der Waals surface area contributed by atoms with E-state index < -0.39 is 0 Å². The summed E-state index contributed by atoms with van der Waals surface area (Å²) in [6.45, 7) is 3.58. The topological polar surface area (TPSA) is 39.1 Å². The molecule has 0 amide bonds. The van der Waals surface area contributed by atoms with E-state index in [2.05, 4.69) is 58.2 Å². The number of aromatic nitrogens is 2. The number of anilines is 1. The number of halogens is 1. The van der Waals surface area contributed by atoms with Crippen LogP contribution in [0.3, 0.4) is 0 Å². The van der Waals surface area contributed by atoms with Gasteiger partial charge in [0.2, 0.25) is 0 Å². The maximum atomic E-state index is 5.79. The number of nitrogens with zero attached hydrogens (tertiary/aromatic N) is 2. The van der Waals surface area contributed by atoms with Gasteiger partial charge in [-0.05, 0) is 60.2 Å². The van der Waals surface area contributed by atoms with Crippen LogP contribution in [0.5, 0.6) is 5.75 Å². The zero-order chi connectivity index (χ0) is 16.5. The number of nitrogens with one attached hydrogen (secondary N) is 1. The Kier molecular flexibility index (Phi) is 4.18. The predicted molar refractivity (Wildman–Crippen MR) is 105 cm³/mol. The zero-order valence-corrected chi connectivity index (χ0v) is 15.6. The van der Waals surface area contributed by atoms with Gasteiger partial charge in [-0.2, -0.15) is 5.10 Å². The molecule has 1 aliphatic rings. The van der Waals surface area contributed by atoms with Gasteiger partial charge < -0.3 is 10.1 Å². The van der Waals surface area contributed by atoms with Crippen LogP contribution in [0.1, 0.15) is 12.5 Å². The number of rotatable bonds is 4. The second-order valence-corrected chi connectivity index (χ2v) is 6.92. The van der Waals surface area contributed by atoms with Gasteiger partial charge >= 0.3 is 0 Å². The van der Waals surface area contributed by atoms with Crippen molar-refractivity contribution in [1.29, 1.82) is 0 Å². The van der Waals surface area contributed by atoms with Gasteiger partial charge in [0.1, 0.15) is 17.3 Å². The fourth-order valence-corrected chi connectivity index (χ4v) is 3.46. The van der Waals surface area contributed by atoms with Crippen LogP contribution in [-0.4, -0.2) is 22.9 Å².